The smallest absolute Gasteiger partial charge is 0.191 e. The van der Waals surface area contributed by atoms with Crippen LogP contribution in [0, 0.1) is 11.6 Å². The van der Waals surface area contributed by atoms with Crippen LogP contribution in [0.15, 0.2) is 46.0 Å². The fraction of sp³-hybridized carbons (Fsp3) is 0.353. The van der Waals surface area contributed by atoms with E-state index in [0.29, 0.717) is 18.9 Å². The Labute approximate surface area is 167 Å². The number of rotatable bonds is 8. The van der Waals surface area contributed by atoms with Crippen LogP contribution in [0.4, 0.5) is 8.78 Å². The molecule has 25 heavy (non-hydrogen) atoms. The molecule has 0 spiro atoms. The van der Waals surface area contributed by atoms with E-state index in [9.17, 15) is 8.78 Å². The highest BCUT2D eigenvalue weighted by molar-refractivity contribution is 14.0. The van der Waals surface area contributed by atoms with Crippen LogP contribution in [0.3, 0.4) is 0 Å². The second-order valence-electron chi connectivity index (χ2n) is 5.08. The summed E-state index contributed by atoms with van der Waals surface area (Å²) in [7, 11) is 0. The van der Waals surface area contributed by atoms with Gasteiger partial charge in [-0.15, -0.1) is 24.0 Å². The first-order valence-electron chi connectivity index (χ1n) is 7.66. The second kappa shape index (κ2) is 12.1. The zero-order valence-electron chi connectivity index (χ0n) is 13.9. The van der Waals surface area contributed by atoms with Gasteiger partial charge in [0.1, 0.15) is 17.4 Å². The predicted molar refractivity (Wildman–Crippen MR) is 110 cm³/mol. The van der Waals surface area contributed by atoms with Crippen molar-refractivity contribution in [2.45, 2.75) is 13.0 Å². The lowest BCUT2D eigenvalue weighted by atomic mass is 10.2. The molecule has 0 fully saturated rings. The minimum absolute atomic E-state index is 0. The number of halogens is 3. The number of furan rings is 1. The first kappa shape index (κ1) is 21.8. The molecule has 0 saturated carbocycles. The van der Waals surface area contributed by atoms with E-state index in [1.807, 2.05) is 18.4 Å². The zero-order valence-corrected chi connectivity index (χ0v) is 17.1. The number of nitrogens with one attached hydrogen (secondary N) is 2. The monoisotopic (exact) mass is 481 g/mol. The summed E-state index contributed by atoms with van der Waals surface area (Å²) >= 11 is 1.71. The Morgan fingerprint density at radius 1 is 1.20 bits per heavy atom. The molecule has 0 atom stereocenters. The van der Waals surface area contributed by atoms with Crippen molar-refractivity contribution in [2.75, 3.05) is 25.1 Å². The number of guanidine groups is 1. The highest BCUT2D eigenvalue weighted by Crippen LogP contribution is 2.10. The van der Waals surface area contributed by atoms with Crippen LogP contribution in [0.1, 0.15) is 11.3 Å². The number of nitrogens with zero attached hydrogens (tertiary/aromatic N) is 1. The van der Waals surface area contributed by atoms with E-state index < -0.39 is 11.6 Å². The van der Waals surface area contributed by atoms with Crippen molar-refractivity contribution in [2.24, 2.45) is 4.99 Å². The number of aliphatic imine (C=N–C) groups is 1. The molecule has 1 aromatic carbocycles. The average molecular weight is 481 g/mol. The summed E-state index contributed by atoms with van der Waals surface area (Å²) in [5.41, 5.74) is 0.229. The SMILES string of the molecule is CSCCNC(=NCc1cc(F)ccc1F)NCCc1ccco1.I. The Hall–Kier alpha value is -1.29. The van der Waals surface area contributed by atoms with Gasteiger partial charge in [0.25, 0.3) is 0 Å². The van der Waals surface area contributed by atoms with Gasteiger partial charge in [0.05, 0.1) is 12.8 Å². The molecular formula is C17H22F2IN3OS. The van der Waals surface area contributed by atoms with E-state index in [1.165, 1.54) is 6.07 Å². The van der Waals surface area contributed by atoms with Gasteiger partial charge < -0.3 is 15.1 Å². The number of hydrogen-bond donors (Lipinski definition) is 2. The minimum Gasteiger partial charge on any atom is -0.469 e. The van der Waals surface area contributed by atoms with Gasteiger partial charge in [0.15, 0.2) is 5.96 Å². The number of hydrogen-bond acceptors (Lipinski definition) is 3. The Bertz CT molecular complexity index is 653. The average Bonchev–Trinajstić information content (AvgIpc) is 3.08. The molecule has 0 bridgehead atoms. The van der Waals surface area contributed by atoms with Crippen LogP contribution in [-0.4, -0.2) is 31.1 Å². The van der Waals surface area contributed by atoms with E-state index in [4.69, 9.17) is 4.42 Å². The molecule has 0 aliphatic rings. The van der Waals surface area contributed by atoms with Gasteiger partial charge >= 0.3 is 0 Å². The maximum Gasteiger partial charge on any atom is 0.191 e. The van der Waals surface area contributed by atoms with Crippen LogP contribution in [0.25, 0.3) is 0 Å². The predicted octanol–water partition coefficient (Wildman–Crippen LogP) is 3.82. The Morgan fingerprint density at radius 2 is 2.00 bits per heavy atom. The summed E-state index contributed by atoms with van der Waals surface area (Å²) in [6, 6.07) is 7.13. The van der Waals surface area contributed by atoms with Crippen molar-refractivity contribution in [1.29, 1.82) is 0 Å². The molecule has 1 aromatic heterocycles. The summed E-state index contributed by atoms with van der Waals surface area (Å²) < 4.78 is 32.2. The summed E-state index contributed by atoms with van der Waals surface area (Å²) in [5, 5.41) is 6.35. The molecule has 0 amide bonds. The molecule has 2 aromatic rings. The third kappa shape index (κ3) is 8.08. The topological polar surface area (TPSA) is 49.6 Å². The van der Waals surface area contributed by atoms with Crippen LogP contribution >= 0.6 is 35.7 Å². The van der Waals surface area contributed by atoms with Gasteiger partial charge in [0.2, 0.25) is 0 Å². The highest BCUT2D eigenvalue weighted by Gasteiger charge is 2.05. The van der Waals surface area contributed by atoms with Crippen LogP contribution in [-0.2, 0) is 13.0 Å². The van der Waals surface area contributed by atoms with Gasteiger partial charge in [-0.2, -0.15) is 11.8 Å². The maximum absolute atomic E-state index is 13.7. The van der Waals surface area contributed by atoms with Gasteiger partial charge in [-0.25, -0.2) is 13.8 Å². The lowest BCUT2D eigenvalue weighted by Gasteiger charge is -2.12. The normalized spacial score (nSPS) is 11.1. The van der Waals surface area contributed by atoms with Crippen molar-refractivity contribution in [3.8, 4) is 0 Å². The van der Waals surface area contributed by atoms with Crippen molar-refractivity contribution in [3.63, 3.8) is 0 Å². The fourth-order valence-electron chi connectivity index (χ4n) is 2.03. The Morgan fingerprint density at radius 3 is 2.72 bits per heavy atom. The summed E-state index contributed by atoms with van der Waals surface area (Å²) in [6.45, 7) is 1.43. The third-order valence-corrected chi connectivity index (χ3v) is 3.87. The van der Waals surface area contributed by atoms with Crippen molar-refractivity contribution >= 4 is 41.7 Å². The van der Waals surface area contributed by atoms with Crippen LogP contribution in [0.5, 0.6) is 0 Å². The lowest BCUT2D eigenvalue weighted by Crippen LogP contribution is -2.39. The molecule has 4 nitrogen and oxygen atoms in total. The van der Waals surface area contributed by atoms with Crippen molar-refractivity contribution in [1.82, 2.24) is 10.6 Å². The molecule has 0 saturated heterocycles. The number of benzene rings is 1. The molecule has 2 N–H and O–H groups in total. The number of thioether (sulfide) groups is 1. The largest absolute Gasteiger partial charge is 0.469 e. The standard InChI is InChI=1S/C17H21F2N3OS.HI/c1-24-10-8-21-17(20-7-6-15-3-2-9-23-15)22-12-13-11-14(18)4-5-16(13)19;/h2-5,9,11H,6-8,10,12H2,1H3,(H2,20,21,22);1H. The molecule has 0 unspecified atom stereocenters. The van der Waals surface area contributed by atoms with Crippen molar-refractivity contribution in [3.05, 3.63) is 59.6 Å². The molecule has 138 valence electrons. The van der Waals surface area contributed by atoms with E-state index in [0.717, 1.165) is 30.2 Å². The van der Waals surface area contributed by atoms with Gasteiger partial charge in [-0.05, 0) is 36.6 Å². The van der Waals surface area contributed by atoms with E-state index in [1.54, 1.807) is 18.0 Å². The molecule has 2 rings (SSSR count). The molecule has 0 aliphatic carbocycles. The Balaban J connectivity index is 0.00000312. The third-order valence-electron chi connectivity index (χ3n) is 3.26. The summed E-state index contributed by atoms with van der Waals surface area (Å²) in [6.07, 6.45) is 4.36. The fourth-order valence-corrected chi connectivity index (χ4v) is 2.34. The zero-order chi connectivity index (χ0) is 17.2. The maximum atomic E-state index is 13.7. The van der Waals surface area contributed by atoms with Crippen LogP contribution in [0.2, 0.25) is 0 Å². The highest BCUT2D eigenvalue weighted by atomic mass is 127. The molecule has 1 heterocycles. The van der Waals surface area contributed by atoms with Gasteiger partial charge in [0, 0.05) is 30.8 Å². The molecular weight excluding hydrogens is 459 g/mol. The van der Waals surface area contributed by atoms with Gasteiger partial charge in [-0.3, -0.25) is 0 Å². The van der Waals surface area contributed by atoms with E-state index >= 15 is 0 Å². The Kier molecular flexibility index (Phi) is 10.6. The molecule has 0 radical (unpaired) electrons. The van der Waals surface area contributed by atoms with E-state index in [2.05, 4.69) is 15.6 Å². The summed E-state index contributed by atoms with van der Waals surface area (Å²) in [4.78, 5) is 4.33. The second-order valence-corrected chi connectivity index (χ2v) is 6.06. The first-order chi connectivity index (χ1) is 11.7. The van der Waals surface area contributed by atoms with Crippen molar-refractivity contribution < 1.29 is 13.2 Å². The van der Waals surface area contributed by atoms with Gasteiger partial charge in [-0.1, -0.05) is 0 Å². The van der Waals surface area contributed by atoms with Crippen LogP contribution < -0.4 is 10.6 Å². The first-order valence-corrected chi connectivity index (χ1v) is 9.06. The van der Waals surface area contributed by atoms with E-state index in [-0.39, 0.29) is 36.1 Å². The summed E-state index contributed by atoms with van der Waals surface area (Å²) in [5.74, 6) is 1.44. The lowest BCUT2D eigenvalue weighted by molar-refractivity contribution is 0.507. The molecule has 0 aliphatic heterocycles. The quantitative estimate of drug-likeness (QED) is 0.261. The molecule has 8 heteroatoms. The minimum atomic E-state index is -0.468.